The number of hydrogen-bond donors (Lipinski definition) is 0. The molecule has 0 unspecified atom stereocenters. The molecule has 0 amide bonds. The average Bonchev–Trinajstić information content (AvgIpc) is 2.79. The zero-order valence-electron chi connectivity index (χ0n) is 18.2. The highest BCUT2D eigenvalue weighted by molar-refractivity contribution is 5.87. The highest BCUT2D eigenvalue weighted by atomic mass is 19.1. The van der Waals surface area contributed by atoms with Crippen molar-refractivity contribution in [2.75, 3.05) is 39.5 Å². The molecule has 3 aromatic rings. The standard InChI is InChI=1S/C25H29FN2O3/c1-3-19-5-6-24(21(26)16-19)31-23-7-8-27-22-17-25(18(2)15-20(22)23)30-12-4-9-28-10-13-29-14-11-28/h5-8,15-17H,3-4,9-14H2,1-2H3. The summed E-state index contributed by atoms with van der Waals surface area (Å²) in [5.41, 5.74) is 2.70. The molecule has 2 heterocycles. The molecule has 0 saturated carbocycles. The van der Waals surface area contributed by atoms with Crippen molar-refractivity contribution in [3.8, 4) is 17.2 Å². The lowest BCUT2D eigenvalue weighted by molar-refractivity contribution is 0.0358. The van der Waals surface area contributed by atoms with Crippen molar-refractivity contribution < 1.29 is 18.6 Å². The first-order chi connectivity index (χ1) is 15.1. The van der Waals surface area contributed by atoms with Crippen LogP contribution in [0, 0.1) is 12.7 Å². The van der Waals surface area contributed by atoms with E-state index in [0.717, 1.165) is 73.5 Å². The van der Waals surface area contributed by atoms with E-state index in [9.17, 15) is 4.39 Å². The predicted molar refractivity (Wildman–Crippen MR) is 120 cm³/mol. The molecule has 164 valence electrons. The molecule has 0 atom stereocenters. The quantitative estimate of drug-likeness (QED) is 0.469. The Bertz CT molecular complexity index is 1030. The maximum absolute atomic E-state index is 14.4. The minimum absolute atomic E-state index is 0.214. The summed E-state index contributed by atoms with van der Waals surface area (Å²) >= 11 is 0. The Morgan fingerprint density at radius 3 is 2.68 bits per heavy atom. The molecule has 31 heavy (non-hydrogen) atoms. The third kappa shape index (κ3) is 5.32. The minimum atomic E-state index is -0.360. The number of pyridine rings is 1. The Kier molecular flexibility index (Phi) is 6.99. The largest absolute Gasteiger partial charge is 0.493 e. The summed E-state index contributed by atoms with van der Waals surface area (Å²) in [6.45, 7) is 9.26. The third-order valence-corrected chi connectivity index (χ3v) is 5.60. The SMILES string of the molecule is CCc1ccc(Oc2ccnc3cc(OCCCN4CCOCC4)c(C)cc23)c(F)c1. The van der Waals surface area contributed by atoms with Gasteiger partial charge in [0.15, 0.2) is 11.6 Å². The van der Waals surface area contributed by atoms with E-state index in [1.54, 1.807) is 18.3 Å². The minimum Gasteiger partial charge on any atom is -0.493 e. The third-order valence-electron chi connectivity index (χ3n) is 5.60. The maximum atomic E-state index is 14.4. The van der Waals surface area contributed by atoms with Gasteiger partial charge in [0.2, 0.25) is 0 Å². The number of hydrogen-bond acceptors (Lipinski definition) is 5. The van der Waals surface area contributed by atoms with Gasteiger partial charge in [-0.05, 0) is 55.2 Å². The highest BCUT2D eigenvalue weighted by Crippen LogP contribution is 2.34. The van der Waals surface area contributed by atoms with Gasteiger partial charge in [-0.1, -0.05) is 13.0 Å². The second-order valence-corrected chi connectivity index (χ2v) is 7.82. The molecule has 4 rings (SSSR count). The van der Waals surface area contributed by atoms with E-state index in [1.807, 2.05) is 32.0 Å². The van der Waals surface area contributed by atoms with Crippen LogP contribution in [0.25, 0.3) is 10.9 Å². The first kappa shape index (κ1) is 21.5. The van der Waals surface area contributed by atoms with E-state index in [0.29, 0.717) is 12.4 Å². The summed E-state index contributed by atoms with van der Waals surface area (Å²) in [5.74, 6) is 1.25. The molecule has 0 N–H and O–H groups in total. The average molecular weight is 425 g/mol. The normalized spacial score (nSPS) is 14.7. The first-order valence-electron chi connectivity index (χ1n) is 10.9. The van der Waals surface area contributed by atoms with Crippen LogP contribution in [0.5, 0.6) is 17.2 Å². The topological polar surface area (TPSA) is 43.8 Å². The molecular formula is C25H29FN2O3. The lowest BCUT2D eigenvalue weighted by Crippen LogP contribution is -2.37. The Morgan fingerprint density at radius 2 is 1.90 bits per heavy atom. The monoisotopic (exact) mass is 424 g/mol. The van der Waals surface area contributed by atoms with Gasteiger partial charge in [0.1, 0.15) is 11.5 Å². The number of fused-ring (bicyclic) bond motifs is 1. The number of ether oxygens (including phenoxy) is 3. The Morgan fingerprint density at radius 1 is 1.06 bits per heavy atom. The Hall–Kier alpha value is -2.70. The molecule has 0 bridgehead atoms. The van der Waals surface area contributed by atoms with E-state index in [1.165, 1.54) is 6.07 Å². The van der Waals surface area contributed by atoms with E-state index in [2.05, 4.69) is 9.88 Å². The van der Waals surface area contributed by atoms with Crippen LogP contribution in [0.4, 0.5) is 4.39 Å². The van der Waals surface area contributed by atoms with Gasteiger partial charge in [-0.3, -0.25) is 9.88 Å². The lowest BCUT2D eigenvalue weighted by Gasteiger charge is -2.26. The van der Waals surface area contributed by atoms with Gasteiger partial charge in [0.05, 0.1) is 25.3 Å². The summed E-state index contributed by atoms with van der Waals surface area (Å²) in [4.78, 5) is 6.86. The molecule has 1 aliphatic rings. The van der Waals surface area contributed by atoms with E-state index < -0.39 is 0 Å². The number of rotatable bonds is 8. The molecule has 5 nitrogen and oxygen atoms in total. The van der Waals surface area contributed by atoms with Gasteiger partial charge < -0.3 is 14.2 Å². The molecule has 1 saturated heterocycles. The molecule has 1 aliphatic heterocycles. The van der Waals surface area contributed by atoms with E-state index >= 15 is 0 Å². The summed E-state index contributed by atoms with van der Waals surface area (Å²) in [5, 5.41) is 0.833. The summed E-state index contributed by atoms with van der Waals surface area (Å²) in [6, 6.07) is 10.8. The van der Waals surface area contributed by atoms with Crippen LogP contribution in [-0.2, 0) is 11.2 Å². The number of halogens is 1. The van der Waals surface area contributed by atoms with Crippen molar-refractivity contribution in [2.45, 2.75) is 26.7 Å². The number of aryl methyl sites for hydroxylation is 2. The van der Waals surface area contributed by atoms with Crippen LogP contribution >= 0.6 is 0 Å². The van der Waals surface area contributed by atoms with Crippen molar-refractivity contribution >= 4 is 10.9 Å². The first-order valence-corrected chi connectivity index (χ1v) is 10.9. The molecule has 6 heteroatoms. The predicted octanol–water partition coefficient (Wildman–Crippen LogP) is 5.14. The molecule has 1 aromatic heterocycles. The zero-order chi connectivity index (χ0) is 21.6. The number of benzene rings is 2. The van der Waals surface area contributed by atoms with Gasteiger partial charge in [0, 0.05) is 37.3 Å². The molecule has 0 radical (unpaired) electrons. The molecule has 0 aliphatic carbocycles. The fraction of sp³-hybridized carbons (Fsp3) is 0.400. The summed E-state index contributed by atoms with van der Waals surface area (Å²) < 4.78 is 31.7. The fourth-order valence-corrected chi connectivity index (χ4v) is 3.76. The Balaban J connectivity index is 1.45. The number of morpholine rings is 1. The van der Waals surface area contributed by atoms with Crippen molar-refractivity contribution in [2.24, 2.45) is 0 Å². The highest BCUT2D eigenvalue weighted by Gasteiger charge is 2.13. The van der Waals surface area contributed by atoms with Gasteiger partial charge in [0.25, 0.3) is 0 Å². The molecule has 2 aromatic carbocycles. The molecular weight excluding hydrogens is 395 g/mol. The van der Waals surface area contributed by atoms with Gasteiger partial charge >= 0.3 is 0 Å². The fourth-order valence-electron chi connectivity index (χ4n) is 3.76. The van der Waals surface area contributed by atoms with Crippen molar-refractivity contribution in [1.29, 1.82) is 0 Å². The number of aromatic nitrogens is 1. The van der Waals surface area contributed by atoms with Crippen LogP contribution in [0.3, 0.4) is 0 Å². The van der Waals surface area contributed by atoms with Crippen LogP contribution in [0.2, 0.25) is 0 Å². The van der Waals surface area contributed by atoms with Crippen molar-refractivity contribution in [3.05, 3.63) is 59.5 Å². The van der Waals surface area contributed by atoms with Crippen LogP contribution in [-0.4, -0.2) is 49.3 Å². The zero-order valence-corrected chi connectivity index (χ0v) is 18.2. The van der Waals surface area contributed by atoms with Gasteiger partial charge in [-0.15, -0.1) is 0 Å². The molecule has 1 fully saturated rings. The van der Waals surface area contributed by atoms with Crippen LogP contribution < -0.4 is 9.47 Å². The summed E-state index contributed by atoms with van der Waals surface area (Å²) in [6.07, 6.45) is 3.42. The van der Waals surface area contributed by atoms with E-state index in [-0.39, 0.29) is 11.6 Å². The smallest absolute Gasteiger partial charge is 0.165 e. The van der Waals surface area contributed by atoms with E-state index in [4.69, 9.17) is 14.2 Å². The van der Waals surface area contributed by atoms with Crippen molar-refractivity contribution in [1.82, 2.24) is 9.88 Å². The van der Waals surface area contributed by atoms with Crippen molar-refractivity contribution in [3.63, 3.8) is 0 Å². The van der Waals surface area contributed by atoms with Gasteiger partial charge in [-0.25, -0.2) is 4.39 Å². The van der Waals surface area contributed by atoms with Crippen LogP contribution in [0.15, 0.2) is 42.6 Å². The second-order valence-electron chi connectivity index (χ2n) is 7.82. The maximum Gasteiger partial charge on any atom is 0.165 e. The Labute approximate surface area is 182 Å². The van der Waals surface area contributed by atoms with Crippen LogP contribution in [0.1, 0.15) is 24.5 Å². The molecule has 0 spiro atoms. The lowest BCUT2D eigenvalue weighted by atomic mass is 10.1. The number of nitrogens with zero attached hydrogens (tertiary/aromatic N) is 2. The van der Waals surface area contributed by atoms with Gasteiger partial charge in [-0.2, -0.15) is 0 Å². The summed E-state index contributed by atoms with van der Waals surface area (Å²) in [7, 11) is 0. The second kappa shape index (κ2) is 10.1.